The van der Waals surface area contributed by atoms with Crippen LogP contribution in [0.1, 0.15) is 5.69 Å². The van der Waals surface area contributed by atoms with Crippen LogP contribution in [0.15, 0.2) is 34.0 Å². The summed E-state index contributed by atoms with van der Waals surface area (Å²) in [6.07, 6.45) is 0. The summed E-state index contributed by atoms with van der Waals surface area (Å²) in [6.45, 7) is 0. The monoisotopic (exact) mass is 299 g/mol. The third-order valence-electron chi connectivity index (χ3n) is 2.53. The van der Waals surface area contributed by atoms with Crippen molar-refractivity contribution in [2.45, 2.75) is 10.6 Å². The van der Waals surface area contributed by atoms with Crippen LogP contribution in [0.4, 0.5) is 0 Å². The van der Waals surface area contributed by atoms with E-state index in [-0.39, 0.29) is 10.6 Å². The summed E-state index contributed by atoms with van der Waals surface area (Å²) >= 11 is 1.36. The molecule has 0 saturated heterocycles. The maximum absolute atomic E-state index is 12.4. The molecule has 0 fully saturated rings. The minimum Gasteiger partial charge on any atom is -0.497 e. The van der Waals surface area contributed by atoms with Gasteiger partial charge in [-0.3, -0.25) is 0 Å². The topological polar surface area (TPSA) is 65.5 Å². The lowest BCUT2D eigenvalue weighted by Crippen LogP contribution is -2.07. The lowest BCUT2D eigenvalue weighted by Gasteiger charge is -2.10. The molecule has 0 atom stereocenters. The molecule has 0 aliphatic carbocycles. The molecule has 2 aromatic rings. The van der Waals surface area contributed by atoms with Gasteiger partial charge in [-0.25, -0.2) is 13.4 Å². The normalized spacial score (nSPS) is 11.3. The number of aromatic nitrogens is 1. The highest BCUT2D eigenvalue weighted by Gasteiger charge is 2.22. The molecular weight excluding hydrogens is 286 g/mol. The van der Waals surface area contributed by atoms with Crippen LogP contribution in [0.25, 0.3) is 0 Å². The van der Waals surface area contributed by atoms with Gasteiger partial charge in [0.15, 0.2) is 9.84 Å². The van der Waals surface area contributed by atoms with E-state index < -0.39 is 9.84 Å². The van der Waals surface area contributed by atoms with Crippen LogP contribution in [0.5, 0.6) is 11.5 Å². The van der Waals surface area contributed by atoms with E-state index in [2.05, 4.69) is 4.98 Å². The smallest absolute Gasteiger partial charge is 0.187 e. The number of rotatable bonds is 5. The summed E-state index contributed by atoms with van der Waals surface area (Å²) in [4.78, 5) is 4.11. The van der Waals surface area contributed by atoms with Crippen LogP contribution < -0.4 is 9.47 Å². The van der Waals surface area contributed by atoms with Gasteiger partial charge in [-0.15, -0.1) is 11.3 Å². The Hall–Kier alpha value is -1.60. The molecule has 19 heavy (non-hydrogen) atoms. The van der Waals surface area contributed by atoms with Crippen molar-refractivity contribution in [3.05, 3.63) is 34.8 Å². The lowest BCUT2D eigenvalue weighted by molar-refractivity contribution is 0.392. The predicted octanol–water partition coefficient (Wildman–Crippen LogP) is 2.13. The number of benzene rings is 1. The Morgan fingerprint density at radius 3 is 2.63 bits per heavy atom. The molecule has 5 nitrogen and oxygen atoms in total. The highest BCUT2D eigenvalue weighted by atomic mass is 32.2. The maximum Gasteiger partial charge on any atom is 0.187 e. The number of sulfone groups is 1. The summed E-state index contributed by atoms with van der Waals surface area (Å²) < 4.78 is 34.9. The van der Waals surface area contributed by atoms with Gasteiger partial charge in [-0.1, -0.05) is 0 Å². The number of thiazole rings is 1. The molecule has 0 aliphatic heterocycles. The molecule has 7 heteroatoms. The van der Waals surface area contributed by atoms with Gasteiger partial charge in [0.25, 0.3) is 0 Å². The zero-order valence-electron chi connectivity index (χ0n) is 10.5. The second-order valence-electron chi connectivity index (χ2n) is 3.76. The number of ether oxygens (including phenoxy) is 2. The minimum absolute atomic E-state index is 0.113. The Labute approximate surface area is 115 Å². The third-order valence-corrected chi connectivity index (χ3v) is 4.83. The zero-order chi connectivity index (χ0) is 13.9. The van der Waals surface area contributed by atoms with E-state index in [0.717, 1.165) is 0 Å². The van der Waals surface area contributed by atoms with E-state index in [4.69, 9.17) is 9.47 Å². The Bertz CT molecular complexity index is 650. The predicted molar refractivity (Wildman–Crippen MR) is 72.5 cm³/mol. The van der Waals surface area contributed by atoms with E-state index in [1.54, 1.807) is 23.0 Å². The molecule has 0 aliphatic rings. The molecule has 2 rings (SSSR count). The van der Waals surface area contributed by atoms with Crippen molar-refractivity contribution in [3.8, 4) is 11.5 Å². The lowest BCUT2D eigenvalue weighted by atomic mass is 10.3. The van der Waals surface area contributed by atoms with Crippen LogP contribution in [0, 0.1) is 0 Å². The van der Waals surface area contributed by atoms with Crippen LogP contribution in [-0.2, 0) is 15.6 Å². The molecule has 1 aromatic heterocycles. The molecule has 1 heterocycles. The Morgan fingerprint density at radius 1 is 1.26 bits per heavy atom. The second kappa shape index (κ2) is 5.58. The van der Waals surface area contributed by atoms with Gasteiger partial charge >= 0.3 is 0 Å². The van der Waals surface area contributed by atoms with E-state index >= 15 is 0 Å². The number of hydrogen-bond acceptors (Lipinski definition) is 6. The zero-order valence-corrected chi connectivity index (χ0v) is 12.1. The van der Waals surface area contributed by atoms with Crippen LogP contribution in [0.3, 0.4) is 0 Å². The third kappa shape index (κ3) is 3.05. The maximum atomic E-state index is 12.4. The number of nitrogens with zero attached hydrogens (tertiary/aromatic N) is 1. The first-order valence-corrected chi connectivity index (χ1v) is 7.98. The average molecular weight is 299 g/mol. The second-order valence-corrected chi connectivity index (χ2v) is 6.43. The quantitative estimate of drug-likeness (QED) is 0.846. The van der Waals surface area contributed by atoms with E-state index in [9.17, 15) is 8.42 Å². The molecule has 102 valence electrons. The first kappa shape index (κ1) is 13.8. The van der Waals surface area contributed by atoms with Crippen molar-refractivity contribution >= 4 is 21.2 Å². The van der Waals surface area contributed by atoms with Gasteiger partial charge in [0.1, 0.15) is 16.4 Å². The molecule has 0 saturated carbocycles. The van der Waals surface area contributed by atoms with Crippen molar-refractivity contribution in [2.24, 2.45) is 0 Å². The van der Waals surface area contributed by atoms with Crippen molar-refractivity contribution < 1.29 is 17.9 Å². The van der Waals surface area contributed by atoms with Crippen LogP contribution in [0.2, 0.25) is 0 Å². The van der Waals surface area contributed by atoms with Crippen molar-refractivity contribution in [2.75, 3.05) is 14.2 Å². The molecule has 0 radical (unpaired) electrons. The first-order chi connectivity index (χ1) is 9.06. The summed E-state index contributed by atoms with van der Waals surface area (Å²) in [5.74, 6) is 0.619. The van der Waals surface area contributed by atoms with Crippen LogP contribution >= 0.6 is 11.3 Å². The molecule has 1 aromatic carbocycles. The molecule has 0 spiro atoms. The largest absolute Gasteiger partial charge is 0.497 e. The summed E-state index contributed by atoms with van der Waals surface area (Å²) in [7, 11) is -0.600. The van der Waals surface area contributed by atoms with Gasteiger partial charge in [0.05, 0.1) is 31.2 Å². The fraction of sp³-hybridized carbons (Fsp3) is 0.250. The molecule has 0 unspecified atom stereocenters. The highest BCUT2D eigenvalue weighted by Crippen LogP contribution is 2.30. The molecule has 0 amide bonds. The number of hydrogen-bond donors (Lipinski definition) is 0. The highest BCUT2D eigenvalue weighted by molar-refractivity contribution is 7.90. The van der Waals surface area contributed by atoms with E-state index in [1.165, 1.54) is 31.6 Å². The Balaban J connectivity index is 2.43. The van der Waals surface area contributed by atoms with Crippen molar-refractivity contribution in [3.63, 3.8) is 0 Å². The van der Waals surface area contributed by atoms with E-state index in [0.29, 0.717) is 17.2 Å². The molecule has 0 bridgehead atoms. The molecule has 0 N–H and O–H groups in total. The van der Waals surface area contributed by atoms with Gasteiger partial charge < -0.3 is 9.47 Å². The first-order valence-electron chi connectivity index (χ1n) is 5.38. The van der Waals surface area contributed by atoms with Gasteiger partial charge in [-0.05, 0) is 12.1 Å². The standard InChI is InChI=1S/C12H13NO4S2/c1-16-10-3-4-11(17-2)12(5-10)19(14,15)7-9-6-18-8-13-9/h3-6,8H,7H2,1-2H3. The average Bonchev–Trinajstić information content (AvgIpc) is 2.90. The fourth-order valence-corrected chi connectivity index (χ4v) is 3.73. The minimum atomic E-state index is -3.52. The Kier molecular flexibility index (Phi) is 4.06. The summed E-state index contributed by atoms with van der Waals surface area (Å²) in [5.41, 5.74) is 2.13. The summed E-state index contributed by atoms with van der Waals surface area (Å²) in [6, 6.07) is 4.69. The Morgan fingerprint density at radius 2 is 2.05 bits per heavy atom. The van der Waals surface area contributed by atoms with E-state index in [1.807, 2.05) is 0 Å². The summed E-state index contributed by atoms with van der Waals surface area (Å²) in [5, 5.41) is 1.71. The molecular formula is C12H13NO4S2. The van der Waals surface area contributed by atoms with Crippen molar-refractivity contribution in [1.29, 1.82) is 0 Å². The van der Waals surface area contributed by atoms with Gasteiger partial charge in [0.2, 0.25) is 0 Å². The van der Waals surface area contributed by atoms with Crippen LogP contribution in [-0.4, -0.2) is 27.6 Å². The SMILES string of the molecule is COc1ccc(OC)c(S(=O)(=O)Cc2cscn2)c1. The fourth-order valence-electron chi connectivity index (χ4n) is 1.61. The number of methoxy groups -OCH3 is 2. The van der Waals surface area contributed by atoms with Gasteiger partial charge in [0, 0.05) is 11.4 Å². The van der Waals surface area contributed by atoms with Crippen molar-refractivity contribution in [1.82, 2.24) is 4.98 Å². The van der Waals surface area contributed by atoms with Gasteiger partial charge in [-0.2, -0.15) is 0 Å².